The fourth-order valence-electron chi connectivity index (χ4n) is 0. The summed E-state index contributed by atoms with van der Waals surface area (Å²) in [6, 6.07) is 0. The second-order valence-electron chi connectivity index (χ2n) is 0.398. The van der Waals surface area contributed by atoms with E-state index in [9.17, 15) is 0 Å². The quantitative estimate of drug-likeness (QED) is 0.487. The molecule has 0 aliphatic carbocycles. The topological polar surface area (TPSA) is 9.23 Å². The van der Waals surface area contributed by atoms with Crippen molar-refractivity contribution in [3.05, 3.63) is 0 Å². The van der Waals surface area contributed by atoms with Gasteiger partial charge in [-0.25, -0.2) is 0 Å². The van der Waals surface area contributed by atoms with Gasteiger partial charge in [0.1, 0.15) is 0 Å². The standard InChI is InChI=1S/C2H5O.ClH.Mn/c1-2-3;;/h2H2,1H3;1H;/q-1;;+1. The molecule has 0 N–H and O–H groups in total. The van der Waals surface area contributed by atoms with E-state index < -0.39 is 0 Å². The van der Waals surface area contributed by atoms with Gasteiger partial charge < -0.3 is 0 Å². The summed E-state index contributed by atoms with van der Waals surface area (Å²) in [4.78, 5) is 0. The normalized spacial score (nSPS) is 6.00. The van der Waals surface area contributed by atoms with Crippen LogP contribution in [0.25, 0.3) is 0 Å². The first-order chi connectivity index (χ1) is 1.91. The SMILES string of the molecule is CC[O][Mn].Cl. The Labute approximate surface area is 46.6 Å². The van der Waals surface area contributed by atoms with Crippen LogP contribution in [0.2, 0.25) is 0 Å². The van der Waals surface area contributed by atoms with Crippen LogP contribution in [0.5, 0.6) is 0 Å². The van der Waals surface area contributed by atoms with Gasteiger partial charge in [0.2, 0.25) is 0 Å². The van der Waals surface area contributed by atoms with Gasteiger partial charge in [0, 0.05) is 0 Å². The molecule has 0 bridgehead atoms. The van der Waals surface area contributed by atoms with Crippen LogP contribution in [0, 0.1) is 0 Å². The van der Waals surface area contributed by atoms with E-state index >= 15 is 0 Å². The van der Waals surface area contributed by atoms with E-state index in [0.717, 1.165) is 6.61 Å². The second kappa shape index (κ2) is 8.84. The molecule has 0 heterocycles. The number of hydrogen-bond donors (Lipinski definition) is 0. The Kier molecular flexibility index (Phi) is 16.3. The van der Waals surface area contributed by atoms with Crippen LogP contribution in [0.4, 0.5) is 0 Å². The average molecular weight is 136 g/mol. The maximum atomic E-state index is 4.35. The maximum Gasteiger partial charge on any atom is -0.147 e. The van der Waals surface area contributed by atoms with Crippen molar-refractivity contribution in [2.24, 2.45) is 0 Å². The third kappa shape index (κ3) is 11.7. The summed E-state index contributed by atoms with van der Waals surface area (Å²) in [5.41, 5.74) is 0. The Morgan fingerprint density at radius 2 is 2.00 bits per heavy atom. The monoisotopic (exact) mass is 136 g/mol. The average Bonchev–Trinajstić information content (AvgIpc) is 1.37. The Bertz CT molecular complexity index is 11.6. The van der Waals surface area contributed by atoms with Crippen LogP contribution in [-0.2, 0) is 20.2 Å². The zero-order chi connectivity index (χ0) is 3.41. The predicted octanol–water partition coefficient (Wildman–Crippen LogP) is 0.907. The summed E-state index contributed by atoms with van der Waals surface area (Å²) in [7, 11) is 0. The van der Waals surface area contributed by atoms with E-state index in [-0.39, 0.29) is 12.4 Å². The minimum atomic E-state index is 0. The summed E-state index contributed by atoms with van der Waals surface area (Å²) in [6.45, 7) is 2.65. The molecule has 0 amide bonds. The number of hydrogen-bond acceptors (Lipinski definition) is 1. The molecule has 0 aliphatic heterocycles. The van der Waals surface area contributed by atoms with Crippen LogP contribution in [0.1, 0.15) is 6.92 Å². The first-order valence-corrected chi connectivity index (χ1v) is 1.63. The van der Waals surface area contributed by atoms with Crippen molar-refractivity contribution < 1.29 is 20.2 Å². The molecule has 34 valence electrons. The maximum absolute atomic E-state index is 4.35. The molecule has 0 aromatic rings. The smallest absolute Gasteiger partial charge is 0.147 e. The summed E-state index contributed by atoms with van der Waals surface area (Å²) >= 11 is 2.75. The molecule has 0 aromatic carbocycles. The molecule has 0 saturated heterocycles. The van der Waals surface area contributed by atoms with Crippen LogP contribution in [-0.4, -0.2) is 6.61 Å². The van der Waals surface area contributed by atoms with Crippen molar-refractivity contribution in [1.82, 2.24) is 0 Å². The summed E-state index contributed by atoms with van der Waals surface area (Å²) in [5, 5.41) is 0. The van der Waals surface area contributed by atoms with E-state index in [2.05, 4.69) is 20.2 Å². The van der Waals surface area contributed by atoms with Crippen molar-refractivity contribution in [2.75, 3.05) is 6.61 Å². The molecule has 0 aliphatic rings. The van der Waals surface area contributed by atoms with Gasteiger partial charge in [-0.1, -0.05) is 0 Å². The van der Waals surface area contributed by atoms with E-state index in [1.54, 1.807) is 0 Å². The van der Waals surface area contributed by atoms with Crippen LogP contribution < -0.4 is 0 Å². The minimum absolute atomic E-state index is 0. The molecule has 0 aromatic heterocycles. The minimum Gasteiger partial charge on any atom is -0.147 e. The fraction of sp³-hybridized carbons (Fsp3) is 1.00. The molecular formula is C2H6ClMnO. The van der Waals surface area contributed by atoms with Gasteiger partial charge in [-0.2, -0.15) is 0 Å². The van der Waals surface area contributed by atoms with E-state index in [1.165, 1.54) is 0 Å². The van der Waals surface area contributed by atoms with Gasteiger partial charge in [-0.05, 0) is 0 Å². The largest absolute Gasteiger partial charge is 0.147 e. The molecule has 0 saturated carbocycles. The molecule has 3 heteroatoms. The van der Waals surface area contributed by atoms with E-state index in [4.69, 9.17) is 0 Å². The Hall–Kier alpha value is 0.769. The molecule has 0 atom stereocenters. The summed E-state index contributed by atoms with van der Waals surface area (Å²) in [5.74, 6) is 0. The fourth-order valence-corrected chi connectivity index (χ4v) is 0. The zero-order valence-electron chi connectivity index (χ0n) is 2.90. The molecule has 0 spiro atoms. The van der Waals surface area contributed by atoms with Crippen LogP contribution in [0.15, 0.2) is 0 Å². The Balaban J connectivity index is 0. The first kappa shape index (κ1) is 9.24. The Morgan fingerprint density at radius 1 is 1.80 bits per heavy atom. The predicted molar refractivity (Wildman–Crippen MR) is 18.9 cm³/mol. The molecular weight excluding hydrogens is 130 g/mol. The van der Waals surface area contributed by atoms with Gasteiger partial charge in [-0.15, -0.1) is 12.4 Å². The summed E-state index contributed by atoms with van der Waals surface area (Å²) < 4.78 is 4.35. The molecule has 0 rings (SSSR count). The molecule has 1 nitrogen and oxygen atoms in total. The second-order valence-corrected chi connectivity index (χ2v) is 0.739. The van der Waals surface area contributed by atoms with Crippen molar-refractivity contribution in [3.63, 3.8) is 0 Å². The Morgan fingerprint density at radius 3 is 2.00 bits per heavy atom. The third-order valence-electron chi connectivity index (χ3n) is 0.109. The van der Waals surface area contributed by atoms with Crippen molar-refractivity contribution in [3.8, 4) is 0 Å². The van der Waals surface area contributed by atoms with Crippen LogP contribution >= 0.6 is 12.4 Å². The molecule has 0 unspecified atom stereocenters. The zero-order valence-corrected chi connectivity index (χ0v) is 4.90. The van der Waals surface area contributed by atoms with Crippen molar-refractivity contribution in [2.45, 2.75) is 6.92 Å². The first-order valence-electron chi connectivity index (χ1n) is 1.15. The number of halogens is 1. The molecule has 5 heavy (non-hydrogen) atoms. The molecule has 0 fully saturated rings. The van der Waals surface area contributed by atoms with Gasteiger partial charge in [0.25, 0.3) is 0 Å². The van der Waals surface area contributed by atoms with Gasteiger partial charge in [0.05, 0.1) is 0 Å². The number of rotatable bonds is 1. The van der Waals surface area contributed by atoms with Gasteiger partial charge >= 0.3 is 33.7 Å². The van der Waals surface area contributed by atoms with Gasteiger partial charge in [0.15, 0.2) is 0 Å². The third-order valence-corrected chi connectivity index (χ3v) is 0.450. The van der Waals surface area contributed by atoms with Crippen molar-refractivity contribution in [1.29, 1.82) is 0 Å². The van der Waals surface area contributed by atoms with Gasteiger partial charge in [-0.3, -0.25) is 0 Å². The van der Waals surface area contributed by atoms with Crippen molar-refractivity contribution >= 4 is 12.4 Å². The van der Waals surface area contributed by atoms with Crippen LogP contribution in [0.3, 0.4) is 0 Å². The van der Waals surface area contributed by atoms with E-state index in [1.807, 2.05) is 6.92 Å². The van der Waals surface area contributed by atoms with E-state index in [0.29, 0.717) is 0 Å². The molecule has 0 radical (unpaired) electrons. The summed E-state index contributed by atoms with van der Waals surface area (Å²) in [6.07, 6.45) is 0.